The van der Waals surface area contributed by atoms with Crippen LogP contribution in [0.4, 0.5) is 0 Å². The van der Waals surface area contributed by atoms with Gasteiger partial charge in [0.15, 0.2) is 11.5 Å². The highest BCUT2D eigenvalue weighted by Gasteiger charge is 2.14. The third-order valence-corrected chi connectivity index (χ3v) is 3.29. The maximum atomic E-state index is 12.1. The first-order chi connectivity index (χ1) is 11.6. The van der Waals surface area contributed by atoms with Crippen molar-refractivity contribution in [1.82, 2.24) is 0 Å². The van der Waals surface area contributed by atoms with E-state index in [0.29, 0.717) is 11.3 Å². The van der Waals surface area contributed by atoms with E-state index in [0.717, 1.165) is 5.56 Å². The van der Waals surface area contributed by atoms with Crippen LogP contribution in [0.25, 0.3) is 0 Å². The van der Waals surface area contributed by atoms with Crippen LogP contribution in [0.1, 0.15) is 15.9 Å². The van der Waals surface area contributed by atoms with Crippen LogP contribution in [0.5, 0.6) is 17.2 Å². The predicted molar refractivity (Wildman–Crippen MR) is 86.7 cm³/mol. The Morgan fingerprint density at radius 1 is 0.917 bits per heavy atom. The summed E-state index contributed by atoms with van der Waals surface area (Å²) in [5.41, 5.74) is 1.08. The molecule has 24 heavy (non-hydrogen) atoms. The van der Waals surface area contributed by atoms with E-state index in [1.54, 1.807) is 31.4 Å². The number of methoxy groups -OCH3 is 3. The number of ether oxygens (including phenoxy) is 4. The quantitative estimate of drug-likeness (QED) is 0.599. The van der Waals surface area contributed by atoms with Gasteiger partial charge < -0.3 is 18.9 Å². The largest absolute Gasteiger partial charge is 0.497 e. The van der Waals surface area contributed by atoms with Gasteiger partial charge in [0, 0.05) is 0 Å². The molecule has 0 N–H and O–H groups in total. The molecule has 0 spiro atoms. The molecule has 126 valence electrons. The number of esters is 2. The molecule has 0 bridgehead atoms. The van der Waals surface area contributed by atoms with E-state index >= 15 is 0 Å². The molecule has 0 saturated carbocycles. The molecule has 0 atom stereocenters. The first-order valence-electron chi connectivity index (χ1n) is 7.17. The molecule has 6 heteroatoms. The Morgan fingerprint density at radius 3 is 2.38 bits per heavy atom. The van der Waals surface area contributed by atoms with Gasteiger partial charge in [0.05, 0.1) is 33.3 Å². The third kappa shape index (κ3) is 4.25. The summed E-state index contributed by atoms with van der Waals surface area (Å²) in [5, 5.41) is 0. The van der Waals surface area contributed by atoms with E-state index in [1.807, 2.05) is 0 Å². The highest BCUT2D eigenvalue weighted by molar-refractivity contribution is 5.90. The highest BCUT2D eigenvalue weighted by Crippen LogP contribution is 2.28. The smallest absolute Gasteiger partial charge is 0.337 e. The van der Waals surface area contributed by atoms with Gasteiger partial charge in [0.2, 0.25) is 0 Å². The molecule has 0 saturated heterocycles. The molecule has 0 unspecified atom stereocenters. The zero-order chi connectivity index (χ0) is 17.5. The highest BCUT2D eigenvalue weighted by atomic mass is 16.6. The van der Waals surface area contributed by atoms with Crippen LogP contribution >= 0.6 is 0 Å². The van der Waals surface area contributed by atoms with Gasteiger partial charge in [-0.25, -0.2) is 4.79 Å². The molecule has 0 aliphatic heterocycles. The van der Waals surface area contributed by atoms with Crippen molar-refractivity contribution in [2.75, 3.05) is 21.3 Å². The topological polar surface area (TPSA) is 71.1 Å². The minimum Gasteiger partial charge on any atom is -0.497 e. The maximum absolute atomic E-state index is 12.1. The Morgan fingerprint density at radius 2 is 1.71 bits per heavy atom. The number of hydrogen-bond acceptors (Lipinski definition) is 6. The molecule has 0 aliphatic carbocycles. The molecule has 0 radical (unpaired) electrons. The fourth-order valence-corrected chi connectivity index (χ4v) is 2.10. The molecule has 0 heterocycles. The summed E-state index contributed by atoms with van der Waals surface area (Å²) in [7, 11) is 4.28. The second kappa shape index (κ2) is 8.01. The van der Waals surface area contributed by atoms with E-state index in [1.165, 1.54) is 32.4 Å². The van der Waals surface area contributed by atoms with Crippen molar-refractivity contribution in [1.29, 1.82) is 0 Å². The van der Waals surface area contributed by atoms with Crippen molar-refractivity contribution in [2.24, 2.45) is 0 Å². The summed E-state index contributed by atoms with van der Waals surface area (Å²) in [6.45, 7) is 0. The SMILES string of the molecule is COC(=O)c1ccc(OC(=O)Cc2cccc(OC)c2)c(OC)c1. The van der Waals surface area contributed by atoms with Crippen LogP contribution in [-0.2, 0) is 16.0 Å². The van der Waals surface area contributed by atoms with Crippen LogP contribution in [0.2, 0.25) is 0 Å². The normalized spacial score (nSPS) is 9.96. The number of carbonyl (C=O) groups is 2. The van der Waals surface area contributed by atoms with Crippen molar-refractivity contribution < 1.29 is 28.5 Å². The average Bonchev–Trinajstić information content (AvgIpc) is 2.61. The van der Waals surface area contributed by atoms with Crippen molar-refractivity contribution in [3.63, 3.8) is 0 Å². The van der Waals surface area contributed by atoms with E-state index in [4.69, 9.17) is 14.2 Å². The van der Waals surface area contributed by atoms with Crippen LogP contribution < -0.4 is 14.2 Å². The van der Waals surface area contributed by atoms with Gasteiger partial charge in [-0.3, -0.25) is 4.79 Å². The lowest BCUT2D eigenvalue weighted by molar-refractivity contribution is -0.133. The standard InChI is InChI=1S/C18H18O6/c1-21-14-6-4-5-12(9-14)10-17(19)24-15-8-7-13(18(20)23-3)11-16(15)22-2/h4-9,11H,10H2,1-3H3. The van der Waals surface area contributed by atoms with E-state index in [-0.39, 0.29) is 17.9 Å². The number of hydrogen-bond donors (Lipinski definition) is 0. The summed E-state index contributed by atoms with van der Waals surface area (Å²) in [6.07, 6.45) is 0.0824. The summed E-state index contributed by atoms with van der Waals surface area (Å²) in [5.74, 6) is 0.227. The Balaban J connectivity index is 2.11. The van der Waals surface area contributed by atoms with Gasteiger partial charge in [-0.1, -0.05) is 12.1 Å². The summed E-state index contributed by atoms with van der Waals surface area (Å²) >= 11 is 0. The monoisotopic (exact) mass is 330 g/mol. The van der Waals surface area contributed by atoms with Crippen molar-refractivity contribution in [2.45, 2.75) is 6.42 Å². The third-order valence-electron chi connectivity index (χ3n) is 3.29. The zero-order valence-corrected chi connectivity index (χ0v) is 13.7. The Bertz CT molecular complexity index is 738. The molecule has 0 aromatic heterocycles. The van der Waals surface area contributed by atoms with Gasteiger partial charge >= 0.3 is 11.9 Å². The molecule has 2 aromatic carbocycles. The second-order valence-corrected chi connectivity index (χ2v) is 4.86. The van der Waals surface area contributed by atoms with E-state index < -0.39 is 11.9 Å². The summed E-state index contributed by atoms with van der Waals surface area (Å²) < 4.78 is 20.3. The molecular formula is C18H18O6. The molecule has 2 rings (SSSR count). The van der Waals surface area contributed by atoms with Gasteiger partial charge in [0.1, 0.15) is 5.75 Å². The fourth-order valence-electron chi connectivity index (χ4n) is 2.10. The van der Waals surface area contributed by atoms with Crippen LogP contribution in [0.15, 0.2) is 42.5 Å². The Kier molecular flexibility index (Phi) is 5.78. The second-order valence-electron chi connectivity index (χ2n) is 4.86. The van der Waals surface area contributed by atoms with Crippen LogP contribution in [-0.4, -0.2) is 33.3 Å². The number of benzene rings is 2. The van der Waals surface area contributed by atoms with Crippen molar-refractivity contribution in [3.8, 4) is 17.2 Å². The van der Waals surface area contributed by atoms with Gasteiger partial charge in [0.25, 0.3) is 0 Å². The lowest BCUT2D eigenvalue weighted by atomic mass is 10.1. The molecule has 0 aliphatic rings. The van der Waals surface area contributed by atoms with Crippen molar-refractivity contribution >= 4 is 11.9 Å². The average molecular weight is 330 g/mol. The van der Waals surface area contributed by atoms with E-state index in [9.17, 15) is 9.59 Å². The van der Waals surface area contributed by atoms with Crippen LogP contribution in [0, 0.1) is 0 Å². The molecule has 2 aromatic rings. The molecule has 6 nitrogen and oxygen atoms in total. The zero-order valence-electron chi connectivity index (χ0n) is 13.7. The first-order valence-corrected chi connectivity index (χ1v) is 7.17. The number of carbonyl (C=O) groups excluding carboxylic acids is 2. The minimum atomic E-state index is -0.498. The molecular weight excluding hydrogens is 312 g/mol. The van der Waals surface area contributed by atoms with Crippen LogP contribution in [0.3, 0.4) is 0 Å². The molecule has 0 amide bonds. The Labute approximate surface area is 139 Å². The van der Waals surface area contributed by atoms with Gasteiger partial charge in [-0.05, 0) is 35.9 Å². The fraction of sp³-hybridized carbons (Fsp3) is 0.222. The first kappa shape index (κ1) is 17.3. The number of rotatable bonds is 6. The predicted octanol–water partition coefficient (Wildman–Crippen LogP) is 2.64. The van der Waals surface area contributed by atoms with Gasteiger partial charge in [-0.2, -0.15) is 0 Å². The lowest BCUT2D eigenvalue weighted by Crippen LogP contribution is -2.12. The van der Waals surface area contributed by atoms with E-state index in [2.05, 4.69) is 4.74 Å². The van der Waals surface area contributed by atoms with Crippen molar-refractivity contribution in [3.05, 3.63) is 53.6 Å². The minimum absolute atomic E-state index is 0.0824. The Hall–Kier alpha value is -3.02. The molecule has 0 fully saturated rings. The maximum Gasteiger partial charge on any atom is 0.337 e. The lowest BCUT2D eigenvalue weighted by Gasteiger charge is -2.10. The summed E-state index contributed by atoms with van der Waals surface area (Å²) in [6, 6.07) is 11.6. The summed E-state index contributed by atoms with van der Waals surface area (Å²) in [4.78, 5) is 23.6. The van der Waals surface area contributed by atoms with Gasteiger partial charge in [-0.15, -0.1) is 0 Å².